The summed E-state index contributed by atoms with van der Waals surface area (Å²) in [5.41, 5.74) is 4.76. The predicted molar refractivity (Wildman–Crippen MR) is 128 cm³/mol. The molecule has 0 bridgehead atoms. The fourth-order valence-corrected chi connectivity index (χ4v) is 5.39. The molecular weight excluding hydrogens is 384 g/mol. The molecule has 0 saturated carbocycles. The number of rotatable bonds is 7. The normalized spacial score (nSPS) is 27.3. The fourth-order valence-electron chi connectivity index (χ4n) is 5.39. The van der Waals surface area contributed by atoms with Crippen LogP contribution in [0.1, 0.15) is 107 Å². The van der Waals surface area contributed by atoms with Crippen LogP contribution in [-0.2, 0) is 20.3 Å². The van der Waals surface area contributed by atoms with Crippen LogP contribution in [0.2, 0.25) is 0 Å². The summed E-state index contributed by atoms with van der Waals surface area (Å²) in [5.74, 6) is 0.663. The zero-order chi connectivity index (χ0) is 22.8. The van der Waals surface area contributed by atoms with Crippen LogP contribution in [-0.4, -0.2) is 24.8 Å². The van der Waals surface area contributed by atoms with Gasteiger partial charge in [0, 0.05) is 5.56 Å². The van der Waals surface area contributed by atoms with Crippen molar-refractivity contribution in [2.45, 2.75) is 110 Å². The first-order valence-electron chi connectivity index (χ1n) is 12.1. The molecule has 1 aromatic rings. The number of carbonyl (C=O) groups excluding carboxylic acids is 1. The molecule has 0 aromatic heterocycles. The van der Waals surface area contributed by atoms with E-state index in [2.05, 4.69) is 65.8 Å². The fraction of sp³-hybridized carbons (Fsp3) is 0.679. The van der Waals surface area contributed by atoms with Gasteiger partial charge in [0.05, 0.1) is 6.10 Å². The van der Waals surface area contributed by atoms with Crippen molar-refractivity contribution in [3.05, 3.63) is 46.5 Å². The first kappa shape index (κ1) is 24.2. The molecule has 3 unspecified atom stereocenters. The molecule has 1 aliphatic heterocycles. The van der Waals surface area contributed by atoms with Crippen molar-refractivity contribution < 1.29 is 14.3 Å². The quantitative estimate of drug-likeness (QED) is 0.346. The molecule has 3 rings (SSSR count). The Morgan fingerprint density at radius 2 is 1.94 bits per heavy atom. The molecule has 0 N–H and O–H groups in total. The highest BCUT2D eigenvalue weighted by atomic mass is 16.7. The number of hydrogen-bond donors (Lipinski definition) is 0. The Labute approximate surface area is 189 Å². The molecular formula is C28H42O3. The topological polar surface area (TPSA) is 35.5 Å². The second kappa shape index (κ2) is 9.58. The molecule has 1 aliphatic carbocycles. The van der Waals surface area contributed by atoms with E-state index in [0.717, 1.165) is 49.7 Å². The van der Waals surface area contributed by atoms with Crippen LogP contribution < -0.4 is 0 Å². The average Bonchev–Trinajstić information content (AvgIpc) is 2.71. The number of carbonyl (C=O) groups is 1. The predicted octanol–water partition coefficient (Wildman–Crippen LogP) is 7.04. The van der Waals surface area contributed by atoms with E-state index in [1.807, 2.05) is 6.92 Å². The molecule has 3 atom stereocenters. The molecule has 31 heavy (non-hydrogen) atoms. The lowest BCUT2D eigenvalue weighted by molar-refractivity contribution is -0.188. The van der Waals surface area contributed by atoms with E-state index in [1.165, 1.54) is 11.1 Å². The van der Waals surface area contributed by atoms with E-state index < -0.39 is 0 Å². The van der Waals surface area contributed by atoms with E-state index in [1.54, 1.807) is 0 Å². The van der Waals surface area contributed by atoms with Gasteiger partial charge >= 0.3 is 0 Å². The molecule has 2 aliphatic rings. The molecule has 1 aromatic carbocycles. The highest BCUT2D eigenvalue weighted by Crippen LogP contribution is 2.49. The Balaban J connectivity index is 1.70. The molecule has 1 saturated heterocycles. The van der Waals surface area contributed by atoms with E-state index in [4.69, 9.17) is 9.47 Å². The number of aryl methyl sites for hydroxylation is 1. The van der Waals surface area contributed by atoms with Gasteiger partial charge in [0.2, 0.25) is 0 Å². The van der Waals surface area contributed by atoms with Gasteiger partial charge in [0.15, 0.2) is 12.1 Å². The number of Topliss-reactive ketones (excluding diaryl/α,β-unsaturated/α-hetero) is 1. The molecule has 3 nitrogen and oxygen atoms in total. The van der Waals surface area contributed by atoms with Gasteiger partial charge in [-0.1, -0.05) is 52.8 Å². The van der Waals surface area contributed by atoms with E-state index >= 15 is 0 Å². The van der Waals surface area contributed by atoms with E-state index in [0.29, 0.717) is 5.92 Å². The first-order chi connectivity index (χ1) is 14.6. The maximum Gasteiger partial charge on any atom is 0.188 e. The SMILES string of the molecule is C/C=C/CCC1CCCC(OCC(=O)c2cc3c(cc2C)C(C)(C)C(C)CC3(C)C)O1. The number of ketones is 1. The lowest BCUT2D eigenvalue weighted by Crippen LogP contribution is -2.40. The van der Waals surface area contributed by atoms with Crippen LogP contribution in [0.5, 0.6) is 0 Å². The smallest absolute Gasteiger partial charge is 0.188 e. The largest absolute Gasteiger partial charge is 0.349 e. The Morgan fingerprint density at radius 1 is 1.19 bits per heavy atom. The lowest BCUT2D eigenvalue weighted by atomic mass is 9.58. The molecule has 0 amide bonds. The van der Waals surface area contributed by atoms with Crippen LogP contribution in [0.3, 0.4) is 0 Å². The molecule has 1 fully saturated rings. The van der Waals surface area contributed by atoms with Crippen LogP contribution in [0.25, 0.3) is 0 Å². The summed E-state index contributed by atoms with van der Waals surface area (Å²) < 4.78 is 12.1. The minimum absolute atomic E-state index is 0.0622. The monoisotopic (exact) mass is 426 g/mol. The lowest BCUT2D eigenvalue weighted by Gasteiger charge is -2.47. The van der Waals surface area contributed by atoms with Crippen molar-refractivity contribution in [1.82, 2.24) is 0 Å². The number of hydrogen-bond acceptors (Lipinski definition) is 3. The number of allylic oxidation sites excluding steroid dienone is 2. The Morgan fingerprint density at radius 3 is 2.65 bits per heavy atom. The van der Waals surface area contributed by atoms with Crippen LogP contribution in [0.15, 0.2) is 24.3 Å². The highest BCUT2D eigenvalue weighted by Gasteiger charge is 2.42. The molecule has 0 spiro atoms. The minimum Gasteiger partial charge on any atom is -0.349 e. The zero-order valence-corrected chi connectivity index (χ0v) is 20.7. The van der Waals surface area contributed by atoms with Crippen molar-refractivity contribution in [2.75, 3.05) is 6.61 Å². The van der Waals surface area contributed by atoms with Gasteiger partial charge in [0.1, 0.15) is 6.61 Å². The highest BCUT2D eigenvalue weighted by molar-refractivity contribution is 5.98. The zero-order valence-electron chi connectivity index (χ0n) is 20.7. The summed E-state index contributed by atoms with van der Waals surface area (Å²) >= 11 is 0. The number of ether oxygens (including phenoxy) is 2. The van der Waals surface area contributed by atoms with Crippen LogP contribution in [0.4, 0.5) is 0 Å². The summed E-state index contributed by atoms with van der Waals surface area (Å²) in [5, 5.41) is 0. The van der Waals surface area contributed by atoms with E-state index in [9.17, 15) is 4.79 Å². The summed E-state index contributed by atoms with van der Waals surface area (Å²) in [7, 11) is 0. The van der Waals surface area contributed by atoms with Gasteiger partial charge < -0.3 is 9.47 Å². The van der Waals surface area contributed by atoms with Crippen LogP contribution >= 0.6 is 0 Å². The summed E-state index contributed by atoms with van der Waals surface area (Å²) in [6.07, 6.45) is 10.5. The van der Waals surface area contributed by atoms with Gasteiger partial charge in [-0.25, -0.2) is 0 Å². The van der Waals surface area contributed by atoms with Gasteiger partial charge in [-0.3, -0.25) is 4.79 Å². The summed E-state index contributed by atoms with van der Waals surface area (Å²) in [6.45, 7) is 15.8. The average molecular weight is 427 g/mol. The van der Waals surface area contributed by atoms with Gasteiger partial charge in [-0.2, -0.15) is 0 Å². The third kappa shape index (κ3) is 5.31. The van der Waals surface area contributed by atoms with Crippen molar-refractivity contribution in [2.24, 2.45) is 5.92 Å². The second-order valence-electron chi connectivity index (χ2n) is 10.9. The standard InChI is InChI=1S/C28H42O3/c1-8-9-10-12-21-13-11-14-26(31-21)30-18-25(29)22-16-23-24(15-19(22)2)28(6,7)20(3)17-27(23,4)5/h8-9,15-16,20-21,26H,10-14,17-18H2,1-7H3/b9-8+. The van der Waals surface area contributed by atoms with E-state index in [-0.39, 0.29) is 35.6 Å². The third-order valence-electron chi connectivity index (χ3n) is 7.74. The Bertz CT molecular complexity index is 818. The first-order valence-corrected chi connectivity index (χ1v) is 12.1. The number of benzene rings is 1. The molecule has 0 radical (unpaired) electrons. The molecule has 1 heterocycles. The summed E-state index contributed by atoms with van der Waals surface area (Å²) in [4.78, 5) is 13.1. The minimum atomic E-state index is -0.262. The second-order valence-corrected chi connectivity index (χ2v) is 10.9. The maximum absolute atomic E-state index is 13.1. The van der Waals surface area contributed by atoms with Crippen molar-refractivity contribution in [3.63, 3.8) is 0 Å². The van der Waals surface area contributed by atoms with Gasteiger partial charge in [-0.15, -0.1) is 0 Å². The molecule has 3 heteroatoms. The van der Waals surface area contributed by atoms with Crippen molar-refractivity contribution >= 4 is 5.78 Å². The molecule has 172 valence electrons. The number of fused-ring (bicyclic) bond motifs is 1. The Hall–Kier alpha value is -1.45. The van der Waals surface area contributed by atoms with Crippen molar-refractivity contribution in [3.8, 4) is 0 Å². The Kier molecular flexibility index (Phi) is 7.48. The van der Waals surface area contributed by atoms with Gasteiger partial charge in [-0.05, 0) is 91.9 Å². The van der Waals surface area contributed by atoms with Gasteiger partial charge in [0.25, 0.3) is 0 Å². The summed E-state index contributed by atoms with van der Waals surface area (Å²) in [6, 6.07) is 4.42. The third-order valence-corrected chi connectivity index (χ3v) is 7.74. The maximum atomic E-state index is 13.1. The van der Waals surface area contributed by atoms with Crippen LogP contribution in [0, 0.1) is 12.8 Å². The van der Waals surface area contributed by atoms with Crippen molar-refractivity contribution in [1.29, 1.82) is 0 Å².